The normalized spacial score (nSPS) is 16.7. The minimum absolute atomic E-state index is 0.0281. The molecule has 11 heteroatoms. The zero-order valence-corrected chi connectivity index (χ0v) is 22.0. The van der Waals surface area contributed by atoms with Crippen LogP contribution in [0.1, 0.15) is 17.5 Å². The minimum atomic E-state index is -4.54. The van der Waals surface area contributed by atoms with Crippen LogP contribution in [-0.4, -0.2) is 47.9 Å². The third kappa shape index (κ3) is 7.11. The van der Waals surface area contributed by atoms with E-state index in [0.717, 1.165) is 29.5 Å². The van der Waals surface area contributed by atoms with E-state index in [1.807, 2.05) is 12.1 Å². The van der Waals surface area contributed by atoms with Crippen LogP contribution in [0.5, 0.6) is 11.5 Å². The summed E-state index contributed by atoms with van der Waals surface area (Å²) in [4.78, 5) is 32.2. The Morgan fingerprint density at radius 1 is 1.05 bits per heavy atom. The lowest BCUT2D eigenvalue weighted by Crippen LogP contribution is -2.46. The smallest absolute Gasteiger partial charge is 0.416 e. The molecule has 1 fully saturated rings. The predicted molar refractivity (Wildman–Crippen MR) is 145 cm³/mol. The lowest BCUT2D eigenvalue weighted by molar-refractivity contribution is -0.137. The first-order chi connectivity index (χ1) is 18.7. The van der Waals surface area contributed by atoms with Crippen LogP contribution in [0.2, 0.25) is 0 Å². The molecule has 0 aliphatic carbocycles. The second-order valence-electron chi connectivity index (χ2n) is 8.59. The number of halogens is 3. The number of methoxy groups -OCH3 is 2. The number of carbonyl (C=O) groups is 2. The van der Waals surface area contributed by atoms with Gasteiger partial charge in [-0.2, -0.15) is 13.2 Å². The zero-order valence-electron chi connectivity index (χ0n) is 21.2. The van der Waals surface area contributed by atoms with Crippen LogP contribution < -0.4 is 14.8 Å². The van der Waals surface area contributed by atoms with Gasteiger partial charge in [-0.1, -0.05) is 42.1 Å². The number of rotatable bonds is 8. The van der Waals surface area contributed by atoms with Gasteiger partial charge in [0.15, 0.2) is 5.17 Å². The quantitative estimate of drug-likeness (QED) is 0.372. The molecule has 1 N–H and O–H groups in total. The molecule has 4 rings (SSSR count). The second kappa shape index (κ2) is 12.2. The fourth-order valence-electron chi connectivity index (χ4n) is 3.92. The van der Waals surface area contributed by atoms with Crippen LogP contribution in [0.4, 0.5) is 24.5 Å². The maximum Gasteiger partial charge on any atom is 0.416 e. The topological polar surface area (TPSA) is 80.2 Å². The lowest BCUT2D eigenvalue weighted by Gasteiger charge is -2.32. The Labute approximate surface area is 228 Å². The van der Waals surface area contributed by atoms with Crippen molar-refractivity contribution >= 4 is 40.1 Å². The number of thioether (sulfide) groups is 1. The molecule has 1 unspecified atom stereocenters. The number of anilines is 1. The molecular formula is C28H26F3N3O4S. The van der Waals surface area contributed by atoms with E-state index in [9.17, 15) is 22.8 Å². The Bertz CT molecular complexity index is 1360. The summed E-state index contributed by atoms with van der Waals surface area (Å²) in [5.41, 5.74) is 0.548. The van der Waals surface area contributed by atoms with Crippen LogP contribution >= 0.6 is 11.8 Å². The number of para-hydroxylation sites is 2. The zero-order chi connectivity index (χ0) is 28.0. The number of amidine groups is 1. The van der Waals surface area contributed by atoms with Gasteiger partial charge in [-0.3, -0.25) is 14.5 Å². The summed E-state index contributed by atoms with van der Waals surface area (Å²) >= 11 is 1.03. The monoisotopic (exact) mass is 557 g/mol. The maximum absolute atomic E-state index is 13.3. The summed E-state index contributed by atoms with van der Waals surface area (Å²) in [5.74, 6) is 0.355. The number of hydrogen-bond donors (Lipinski definition) is 1. The first-order valence-electron chi connectivity index (χ1n) is 12.0. The summed E-state index contributed by atoms with van der Waals surface area (Å²) in [7, 11) is 3.04. The van der Waals surface area contributed by atoms with Gasteiger partial charge in [-0.05, 0) is 54.4 Å². The van der Waals surface area contributed by atoms with Gasteiger partial charge in [0.1, 0.15) is 16.7 Å². The summed E-state index contributed by atoms with van der Waals surface area (Å²) in [6, 6.07) is 18.7. The average molecular weight is 558 g/mol. The van der Waals surface area contributed by atoms with Crippen molar-refractivity contribution in [2.75, 3.05) is 26.1 Å². The molecule has 1 saturated heterocycles. The molecule has 7 nitrogen and oxygen atoms in total. The molecule has 204 valence electrons. The van der Waals surface area contributed by atoms with E-state index in [2.05, 4.69) is 10.3 Å². The highest BCUT2D eigenvalue weighted by molar-refractivity contribution is 8.15. The number of carbonyl (C=O) groups excluding carboxylic acids is 2. The van der Waals surface area contributed by atoms with Gasteiger partial charge >= 0.3 is 6.18 Å². The van der Waals surface area contributed by atoms with Crippen molar-refractivity contribution in [1.29, 1.82) is 0 Å². The van der Waals surface area contributed by atoms with E-state index in [0.29, 0.717) is 23.6 Å². The van der Waals surface area contributed by atoms with Crippen LogP contribution in [0.25, 0.3) is 0 Å². The van der Waals surface area contributed by atoms with Crippen molar-refractivity contribution in [1.82, 2.24) is 4.90 Å². The molecule has 1 atom stereocenters. The Morgan fingerprint density at radius 2 is 1.79 bits per heavy atom. The van der Waals surface area contributed by atoms with Gasteiger partial charge in [0, 0.05) is 13.0 Å². The van der Waals surface area contributed by atoms with Gasteiger partial charge in [-0.15, -0.1) is 0 Å². The number of aliphatic imine (C=N–C) groups is 1. The van der Waals surface area contributed by atoms with Crippen LogP contribution in [-0.2, 0) is 22.2 Å². The molecule has 3 aromatic rings. The molecule has 1 aliphatic rings. The van der Waals surface area contributed by atoms with Gasteiger partial charge in [0.05, 0.1) is 31.2 Å². The fourth-order valence-corrected chi connectivity index (χ4v) is 5.04. The summed E-state index contributed by atoms with van der Waals surface area (Å²) in [5, 5.41) is 2.09. The highest BCUT2D eigenvalue weighted by Crippen LogP contribution is 2.34. The SMILES string of the molecule is COc1ccc(CCN2C(=O)CC(C(=O)Nc3ccccc3OC)SC2=Nc2cccc(C(F)(F)F)c2)cc1. The van der Waals surface area contributed by atoms with Gasteiger partial charge in [-0.25, -0.2) is 4.99 Å². The summed E-state index contributed by atoms with van der Waals surface area (Å²) < 4.78 is 50.3. The van der Waals surface area contributed by atoms with E-state index in [1.54, 1.807) is 43.5 Å². The number of ether oxygens (including phenoxy) is 2. The molecule has 0 bridgehead atoms. The molecule has 2 amide bonds. The third-order valence-corrected chi connectivity index (χ3v) is 7.17. The first-order valence-corrected chi connectivity index (χ1v) is 12.9. The first kappa shape index (κ1) is 28.0. The Kier molecular flexibility index (Phi) is 8.80. The van der Waals surface area contributed by atoms with E-state index >= 15 is 0 Å². The van der Waals surface area contributed by atoms with Gasteiger partial charge in [0.25, 0.3) is 0 Å². The van der Waals surface area contributed by atoms with E-state index < -0.39 is 22.9 Å². The van der Waals surface area contributed by atoms with Crippen LogP contribution in [0.15, 0.2) is 77.8 Å². The van der Waals surface area contributed by atoms with Crippen molar-refractivity contribution in [2.45, 2.75) is 24.3 Å². The van der Waals surface area contributed by atoms with Crippen molar-refractivity contribution in [3.05, 3.63) is 83.9 Å². The molecule has 3 aromatic carbocycles. The molecule has 1 heterocycles. The summed E-state index contributed by atoms with van der Waals surface area (Å²) in [6.07, 6.45) is -4.18. The molecular weight excluding hydrogens is 531 g/mol. The minimum Gasteiger partial charge on any atom is -0.497 e. The molecule has 0 saturated carbocycles. The van der Waals surface area contributed by atoms with Crippen molar-refractivity contribution in [2.24, 2.45) is 4.99 Å². The van der Waals surface area contributed by atoms with Crippen molar-refractivity contribution in [3.63, 3.8) is 0 Å². The highest BCUT2D eigenvalue weighted by Gasteiger charge is 2.36. The largest absolute Gasteiger partial charge is 0.497 e. The summed E-state index contributed by atoms with van der Waals surface area (Å²) in [6.45, 7) is 0.233. The number of nitrogens with zero attached hydrogens (tertiary/aromatic N) is 2. The van der Waals surface area contributed by atoms with E-state index in [-0.39, 0.29) is 29.7 Å². The number of alkyl halides is 3. The van der Waals surface area contributed by atoms with Crippen molar-refractivity contribution < 1.29 is 32.2 Å². The molecule has 0 spiro atoms. The highest BCUT2D eigenvalue weighted by atomic mass is 32.2. The van der Waals surface area contributed by atoms with E-state index in [4.69, 9.17) is 9.47 Å². The number of amides is 2. The van der Waals surface area contributed by atoms with E-state index in [1.165, 1.54) is 24.1 Å². The second-order valence-corrected chi connectivity index (χ2v) is 9.76. The molecule has 0 aromatic heterocycles. The van der Waals surface area contributed by atoms with Crippen LogP contribution in [0.3, 0.4) is 0 Å². The molecule has 1 aliphatic heterocycles. The van der Waals surface area contributed by atoms with Crippen molar-refractivity contribution in [3.8, 4) is 11.5 Å². The molecule has 0 radical (unpaired) electrons. The average Bonchev–Trinajstić information content (AvgIpc) is 2.92. The Balaban J connectivity index is 1.60. The maximum atomic E-state index is 13.3. The third-order valence-electron chi connectivity index (χ3n) is 5.98. The number of benzene rings is 3. The molecule has 39 heavy (non-hydrogen) atoms. The standard InChI is InChI=1S/C28H26F3N3O4S/c1-37-21-12-10-18(11-13-21)14-15-34-25(35)17-24(26(36)33-22-8-3-4-9-23(22)38-2)39-27(34)32-20-7-5-6-19(16-20)28(29,30)31/h3-13,16,24H,14-15,17H2,1-2H3,(H,33,36). The Morgan fingerprint density at radius 3 is 2.49 bits per heavy atom. The van der Waals surface area contributed by atoms with Crippen LogP contribution in [0, 0.1) is 0 Å². The fraction of sp³-hybridized carbons (Fsp3) is 0.250. The van der Waals surface area contributed by atoms with Gasteiger partial charge < -0.3 is 14.8 Å². The number of nitrogens with one attached hydrogen (secondary N) is 1. The number of hydrogen-bond acceptors (Lipinski definition) is 6. The Hall–Kier alpha value is -3.99. The predicted octanol–water partition coefficient (Wildman–Crippen LogP) is 5.93. The van der Waals surface area contributed by atoms with Gasteiger partial charge in [0.2, 0.25) is 11.8 Å². The lowest BCUT2D eigenvalue weighted by atomic mass is 10.1.